The number of fused-ring (bicyclic) bond motifs is 6. The fraction of sp³-hybridized carbons (Fsp3) is 0.583. The van der Waals surface area contributed by atoms with Gasteiger partial charge in [0.25, 0.3) is 0 Å². The lowest BCUT2D eigenvalue weighted by atomic mass is 10.1. The molecule has 33 heavy (non-hydrogen) atoms. The molecule has 0 radical (unpaired) electrons. The molecule has 21 heteroatoms. The number of hydrogen-bond donors (Lipinski definition) is 5. The molecule has 2 aliphatic heterocycles. The minimum absolute atomic E-state index is 0.0415. The Labute approximate surface area is 184 Å². The molecule has 4 heterocycles. The molecule has 0 saturated carbocycles. The zero-order valence-corrected chi connectivity index (χ0v) is 19.3. The van der Waals surface area contributed by atoms with Crippen LogP contribution in [0.4, 0.5) is 5.82 Å². The Kier molecular flexibility index (Phi) is 6.29. The predicted octanol–water partition coefficient (Wildman–Crippen LogP) is -0.266. The molecule has 2 bridgehead atoms. The Balaban J connectivity index is 1.71. The van der Waals surface area contributed by atoms with E-state index in [1.165, 1.54) is 4.57 Å². The summed E-state index contributed by atoms with van der Waals surface area (Å²) in [6, 6.07) is 0. The van der Waals surface area contributed by atoms with Gasteiger partial charge in [0.15, 0.2) is 29.3 Å². The van der Waals surface area contributed by atoms with E-state index in [-0.39, 0.29) is 22.8 Å². The maximum Gasteiger partial charge on any atom is 0.492 e. The number of aromatic nitrogens is 4. The van der Waals surface area contributed by atoms with Crippen molar-refractivity contribution < 1.29 is 60.6 Å². The van der Waals surface area contributed by atoms with Gasteiger partial charge < -0.3 is 30.5 Å². The summed E-state index contributed by atoms with van der Waals surface area (Å²) in [5, 5.41) is 20.7. The van der Waals surface area contributed by atoms with Gasteiger partial charge in [0.2, 0.25) is 0 Å². The zero-order chi connectivity index (χ0) is 24.3. The topological polar surface area (TPSA) is 257 Å². The number of phosphoric acid groups is 3. The van der Waals surface area contributed by atoms with E-state index in [0.717, 1.165) is 13.4 Å². The van der Waals surface area contributed by atoms with E-state index < -0.39 is 54.1 Å². The molecule has 8 unspecified atom stereocenters. The van der Waals surface area contributed by atoms with E-state index in [1.807, 2.05) is 0 Å². The molecule has 184 valence electrons. The fourth-order valence-electron chi connectivity index (χ4n) is 3.33. The molecule has 8 atom stereocenters. The predicted molar refractivity (Wildman–Crippen MR) is 103 cm³/mol. The first-order valence-corrected chi connectivity index (χ1v) is 13.2. The van der Waals surface area contributed by atoms with Gasteiger partial charge in [0, 0.05) is 14.2 Å². The second-order valence-electron chi connectivity index (χ2n) is 6.68. The van der Waals surface area contributed by atoms with Crippen molar-refractivity contribution in [3.63, 3.8) is 0 Å². The lowest BCUT2D eigenvalue weighted by Crippen LogP contribution is -2.35. The average molecular weight is 533 g/mol. The first kappa shape index (κ1) is 24.8. The monoisotopic (exact) mass is 533 g/mol. The van der Waals surface area contributed by atoms with Crippen LogP contribution in [0, 0.1) is 0 Å². The maximum atomic E-state index is 12.7. The molecule has 2 aliphatic rings. The standard InChI is InChI=1S/C12H18N5O13P3/c1-25-31(20,21)29-33(24,26-2)30-32(22,23)28-8-7-5(18)6(19)12(27-7)17-10-4(16-11(8)17)9(13)14-3-15-10/h3,5-8,12,18-19H,1-2H3,(H,20,21)(H,22,23)(H2,13,14,15). The summed E-state index contributed by atoms with van der Waals surface area (Å²) < 4.78 is 65.5. The van der Waals surface area contributed by atoms with E-state index in [2.05, 4.69) is 32.6 Å². The van der Waals surface area contributed by atoms with Crippen LogP contribution in [0.1, 0.15) is 18.2 Å². The van der Waals surface area contributed by atoms with Crippen molar-refractivity contribution in [1.29, 1.82) is 0 Å². The molecule has 1 saturated heterocycles. The Bertz CT molecular complexity index is 1220. The molecule has 0 spiro atoms. The summed E-state index contributed by atoms with van der Waals surface area (Å²) in [4.78, 5) is 31.5. The van der Waals surface area contributed by atoms with Gasteiger partial charge in [0.1, 0.15) is 30.5 Å². The van der Waals surface area contributed by atoms with E-state index in [4.69, 9.17) is 15.0 Å². The Morgan fingerprint density at radius 3 is 2.36 bits per heavy atom. The molecule has 6 N–H and O–H groups in total. The molecule has 4 rings (SSSR count). The SMILES string of the molecule is COP(=O)(O)OP(=O)(OC)OP(=O)(O)OC1c2nc3c(N)ncnc3n2C2OC1C(O)C2O. The van der Waals surface area contributed by atoms with Gasteiger partial charge in [-0.2, -0.15) is 8.62 Å². The van der Waals surface area contributed by atoms with E-state index in [9.17, 15) is 33.7 Å². The second-order valence-corrected chi connectivity index (χ2v) is 11.7. The summed E-state index contributed by atoms with van der Waals surface area (Å²) in [5.74, 6) is -0.227. The lowest BCUT2D eigenvalue weighted by Gasteiger charge is -2.31. The molecular weight excluding hydrogens is 515 g/mol. The van der Waals surface area contributed by atoms with Crippen LogP contribution in [0.3, 0.4) is 0 Å². The maximum absolute atomic E-state index is 12.7. The van der Waals surface area contributed by atoms with Crippen LogP contribution in [0.5, 0.6) is 0 Å². The van der Waals surface area contributed by atoms with Crippen molar-refractivity contribution in [3.8, 4) is 0 Å². The highest BCUT2D eigenvalue weighted by Gasteiger charge is 2.57. The Morgan fingerprint density at radius 2 is 1.73 bits per heavy atom. The number of hydrogen-bond acceptors (Lipinski definition) is 15. The summed E-state index contributed by atoms with van der Waals surface area (Å²) in [6.07, 6.45) is -6.40. The van der Waals surface area contributed by atoms with Gasteiger partial charge in [-0.3, -0.25) is 18.1 Å². The van der Waals surface area contributed by atoms with Gasteiger partial charge in [-0.15, -0.1) is 0 Å². The van der Waals surface area contributed by atoms with Crippen LogP contribution in [0.15, 0.2) is 6.33 Å². The minimum Gasteiger partial charge on any atom is -0.387 e. The smallest absolute Gasteiger partial charge is 0.387 e. The van der Waals surface area contributed by atoms with Crippen molar-refractivity contribution in [2.75, 3.05) is 20.0 Å². The van der Waals surface area contributed by atoms with E-state index in [0.29, 0.717) is 7.11 Å². The largest absolute Gasteiger partial charge is 0.492 e. The van der Waals surface area contributed by atoms with Gasteiger partial charge in [0.05, 0.1) is 0 Å². The molecule has 18 nitrogen and oxygen atoms in total. The number of nitrogen functional groups attached to an aromatic ring is 1. The third-order valence-corrected chi connectivity index (χ3v) is 9.38. The average Bonchev–Trinajstić information content (AvgIpc) is 3.24. The molecule has 0 amide bonds. The molecule has 0 aromatic carbocycles. The van der Waals surface area contributed by atoms with E-state index >= 15 is 0 Å². The highest BCUT2D eigenvalue weighted by atomic mass is 31.3. The number of phosphoric ester groups is 2. The molecule has 2 aromatic rings. The third kappa shape index (κ3) is 4.39. The van der Waals surface area contributed by atoms with Gasteiger partial charge in [-0.05, 0) is 0 Å². The third-order valence-electron chi connectivity index (χ3n) is 4.72. The van der Waals surface area contributed by atoms with Crippen molar-refractivity contribution in [2.24, 2.45) is 0 Å². The van der Waals surface area contributed by atoms with Gasteiger partial charge in [-0.1, -0.05) is 0 Å². The van der Waals surface area contributed by atoms with Gasteiger partial charge >= 0.3 is 23.5 Å². The summed E-state index contributed by atoms with van der Waals surface area (Å²) in [7, 11) is -14.2. The second kappa shape index (κ2) is 8.39. The molecule has 0 aliphatic carbocycles. The number of ether oxygens (including phenoxy) is 1. The van der Waals surface area contributed by atoms with E-state index in [1.54, 1.807) is 0 Å². The van der Waals surface area contributed by atoms with Crippen molar-refractivity contribution in [2.45, 2.75) is 30.6 Å². The van der Waals surface area contributed by atoms with Crippen LogP contribution < -0.4 is 5.73 Å². The van der Waals surface area contributed by atoms with Crippen molar-refractivity contribution >= 4 is 40.4 Å². The lowest BCUT2D eigenvalue weighted by molar-refractivity contribution is -0.111. The summed E-state index contributed by atoms with van der Waals surface area (Å²) in [5.41, 5.74) is 5.89. The Morgan fingerprint density at radius 1 is 1.06 bits per heavy atom. The number of aliphatic hydroxyl groups is 2. The fourth-order valence-corrected chi connectivity index (χ4v) is 7.19. The quantitative estimate of drug-likeness (QED) is 0.274. The number of nitrogens with two attached hydrogens (primary N) is 1. The van der Waals surface area contributed by atoms with Gasteiger partial charge in [-0.25, -0.2) is 28.6 Å². The molecule has 2 aromatic heterocycles. The van der Waals surface area contributed by atoms with Crippen LogP contribution >= 0.6 is 23.5 Å². The number of nitrogens with zero attached hydrogens (tertiary/aromatic N) is 4. The number of aliphatic hydroxyl groups excluding tert-OH is 2. The van der Waals surface area contributed by atoms with Crippen LogP contribution in [-0.4, -0.2) is 72.1 Å². The molecular formula is C12H18N5O13P3. The number of rotatable bonds is 8. The zero-order valence-electron chi connectivity index (χ0n) is 16.6. The first-order chi connectivity index (χ1) is 15.3. The summed E-state index contributed by atoms with van der Waals surface area (Å²) >= 11 is 0. The van der Waals surface area contributed by atoms with Crippen LogP contribution in [0.2, 0.25) is 0 Å². The van der Waals surface area contributed by atoms with Crippen molar-refractivity contribution in [1.82, 2.24) is 19.5 Å². The summed E-state index contributed by atoms with van der Waals surface area (Å²) in [6.45, 7) is 0. The number of anilines is 1. The number of imidazole rings is 1. The highest BCUT2D eigenvalue weighted by Crippen LogP contribution is 2.71. The van der Waals surface area contributed by atoms with Crippen molar-refractivity contribution in [3.05, 3.63) is 12.2 Å². The van der Waals surface area contributed by atoms with Crippen LogP contribution in [0.25, 0.3) is 11.2 Å². The highest BCUT2D eigenvalue weighted by molar-refractivity contribution is 7.67. The normalized spacial score (nSPS) is 32.1. The van der Waals surface area contributed by atoms with Crippen LogP contribution in [-0.2, 0) is 40.6 Å². The minimum atomic E-state index is -5.48. The first-order valence-electron chi connectivity index (χ1n) is 8.79. The molecule has 1 fully saturated rings. The Hall–Kier alpha value is -1.36.